The Balaban J connectivity index is 2.68. The maximum Gasteiger partial charge on any atom is 0.110 e. The average molecular weight is 208 g/mol. The molecule has 1 heteroatoms. The molecule has 1 fully saturated rings. The predicted molar refractivity (Wildman–Crippen MR) is 72.1 cm³/mol. The van der Waals surface area contributed by atoms with Crippen LogP contribution in [0.2, 0.25) is 5.31 Å². The molecular weight excluding hydrogens is 179 g/mol. The van der Waals surface area contributed by atoms with E-state index in [9.17, 15) is 0 Å². The summed E-state index contributed by atoms with van der Waals surface area (Å²) in [4.78, 5) is 0. The van der Waals surface area contributed by atoms with Gasteiger partial charge in [-0.1, -0.05) is 71.5 Å². The van der Waals surface area contributed by atoms with Crippen LogP contribution >= 0.6 is 0 Å². The Morgan fingerprint density at radius 3 is 2.27 bits per heavy atom. The van der Waals surface area contributed by atoms with Crippen LogP contribution in [0.15, 0.2) is 0 Å². The fraction of sp³-hybridized carbons (Fsp3) is 1.00. The van der Waals surface area contributed by atoms with E-state index < -0.39 is 0 Å². The molecule has 0 radical (unpaired) electrons. The van der Waals surface area contributed by atoms with E-state index in [4.69, 9.17) is 0 Å². The minimum Gasteiger partial charge on any atom is -0.0629 e. The molecule has 1 rings (SSSR count). The normalized spacial score (nSPS) is 39.5. The van der Waals surface area contributed by atoms with Crippen LogP contribution in [0.25, 0.3) is 0 Å². The van der Waals surface area contributed by atoms with E-state index in [1.807, 2.05) is 0 Å². The highest BCUT2D eigenvalue weighted by molar-refractivity contribution is 6.15. The van der Waals surface area contributed by atoms with Gasteiger partial charge in [-0.25, -0.2) is 0 Å². The van der Waals surface area contributed by atoms with Gasteiger partial charge in [-0.2, -0.15) is 0 Å². The Labute approximate surface area is 97.6 Å². The number of rotatable bonds is 1. The molecule has 15 heavy (non-hydrogen) atoms. The van der Waals surface area contributed by atoms with E-state index in [1.54, 1.807) is 0 Å². The van der Waals surface area contributed by atoms with Crippen molar-refractivity contribution in [2.45, 2.75) is 71.5 Å². The Bertz CT molecular complexity index is 188. The third-order valence-corrected chi connectivity index (χ3v) is 5.19. The molecule has 1 aliphatic carbocycles. The minimum atomic E-state index is 0.587. The van der Waals surface area contributed by atoms with Crippen LogP contribution in [-0.2, 0) is 0 Å². The van der Waals surface area contributed by atoms with Gasteiger partial charge in [-0.3, -0.25) is 0 Å². The predicted octanol–water partition coefficient (Wildman–Crippen LogP) is 4.06. The quantitative estimate of drug-likeness (QED) is 0.570. The maximum atomic E-state index is 2.53. The molecule has 0 nitrogen and oxygen atoms in total. The van der Waals surface area contributed by atoms with Gasteiger partial charge in [0, 0.05) is 0 Å². The van der Waals surface area contributed by atoms with E-state index in [2.05, 4.69) is 35.5 Å². The first-order chi connectivity index (χ1) is 6.97. The Kier molecular flexibility index (Phi) is 4.74. The molecule has 3 unspecified atom stereocenters. The second-order valence-electron chi connectivity index (χ2n) is 6.49. The molecule has 0 amide bonds. The van der Waals surface area contributed by atoms with Gasteiger partial charge in [-0.05, 0) is 17.8 Å². The summed E-state index contributed by atoms with van der Waals surface area (Å²) in [5, 5.41) is 0.587. The number of hydrogen-bond donors (Lipinski definition) is 0. The monoisotopic (exact) mass is 208 g/mol. The molecule has 3 atom stereocenters. The minimum absolute atomic E-state index is 0.587. The molecule has 1 aliphatic rings. The molecule has 0 bridgehead atoms. The molecule has 1 saturated carbocycles. The number of hydrogen-bond acceptors (Lipinski definition) is 0. The SMILES string of the molecule is BC1(C(C)C)CCCC(C)CCCC1C. The highest BCUT2D eigenvalue weighted by atomic mass is 14.3. The fourth-order valence-corrected chi connectivity index (χ4v) is 3.18. The van der Waals surface area contributed by atoms with Crippen molar-refractivity contribution in [3.63, 3.8) is 0 Å². The van der Waals surface area contributed by atoms with Gasteiger partial charge in [0.1, 0.15) is 7.85 Å². The first kappa shape index (κ1) is 13.1. The van der Waals surface area contributed by atoms with E-state index in [1.165, 1.54) is 38.5 Å². The largest absolute Gasteiger partial charge is 0.110 e. The Morgan fingerprint density at radius 1 is 1.07 bits per heavy atom. The lowest BCUT2D eigenvalue weighted by molar-refractivity contribution is 0.260. The highest BCUT2D eigenvalue weighted by Gasteiger charge is 2.34. The molecule has 0 aromatic heterocycles. The summed E-state index contributed by atoms with van der Waals surface area (Å²) >= 11 is 0. The first-order valence-corrected chi connectivity index (χ1v) is 6.97. The maximum absolute atomic E-state index is 2.53. The van der Waals surface area contributed by atoms with Crippen molar-refractivity contribution in [1.82, 2.24) is 0 Å². The summed E-state index contributed by atoms with van der Waals surface area (Å²) in [5.74, 6) is 2.70. The second-order valence-corrected chi connectivity index (χ2v) is 6.49. The van der Waals surface area contributed by atoms with Crippen LogP contribution in [0.3, 0.4) is 0 Å². The van der Waals surface area contributed by atoms with Crippen LogP contribution in [-0.4, -0.2) is 7.85 Å². The zero-order valence-corrected chi connectivity index (χ0v) is 11.5. The highest BCUT2D eigenvalue weighted by Crippen LogP contribution is 2.48. The zero-order chi connectivity index (χ0) is 11.5. The van der Waals surface area contributed by atoms with Gasteiger partial charge in [0.2, 0.25) is 0 Å². The van der Waals surface area contributed by atoms with Crippen molar-refractivity contribution in [2.75, 3.05) is 0 Å². The lowest BCUT2D eigenvalue weighted by atomic mass is 9.52. The molecule has 88 valence electrons. The van der Waals surface area contributed by atoms with Crippen LogP contribution in [0.1, 0.15) is 66.2 Å². The van der Waals surface area contributed by atoms with E-state index in [0.29, 0.717) is 5.31 Å². The smallest absolute Gasteiger partial charge is 0.0629 e. The Hall–Kier alpha value is 0.0649. The van der Waals surface area contributed by atoms with E-state index in [0.717, 1.165) is 17.8 Å². The lowest BCUT2D eigenvalue weighted by Crippen LogP contribution is -2.27. The van der Waals surface area contributed by atoms with Crippen molar-refractivity contribution in [3.8, 4) is 0 Å². The zero-order valence-electron chi connectivity index (χ0n) is 11.5. The molecule has 0 spiro atoms. The third-order valence-electron chi connectivity index (χ3n) is 5.19. The van der Waals surface area contributed by atoms with Gasteiger partial charge < -0.3 is 0 Å². The molecule has 0 aromatic carbocycles. The molecule has 0 aliphatic heterocycles. The molecule has 0 saturated heterocycles. The summed E-state index contributed by atoms with van der Waals surface area (Å²) in [6, 6.07) is 0. The van der Waals surface area contributed by atoms with E-state index >= 15 is 0 Å². The molecule has 0 aromatic rings. The van der Waals surface area contributed by atoms with Crippen molar-refractivity contribution >= 4 is 7.85 Å². The van der Waals surface area contributed by atoms with Gasteiger partial charge in [0.15, 0.2) is 0 Å². The fourth-order valence-electron chi connectivity index (χ4n) is 3.18. The van der Waals surface area contributed by atoms with Gasteiger partial charge >= 0.3 is 0 Å². The molecule has 0 N–H and O–H groups in total. The second kappa shape index (κ2) is 5.41. The summed E-state index contributed by atoms with van der Waals surface area (Å²) < 4.78 is 0. The Morgan fingerprint density at radius 2 is 1.67 bits per heavy atom. The van der Waals surface area contributed by atoms with Gasteiger partial charge in [0.05, 0.1) is 0 Å². The standard InChI is InChI=1S/C14H29B/c1-11(2)14(15)10-6-8-12(3)7-5-9-13(14)4/h11-13H,5-10,15H2,1-4H3. The van der Waals surface area contributed by atoms with Gasteiger partial charge in [0.25, 0.3) is 0 Å². The van der Waals surface area contributed by atoms with Gasteiger partial charge in [-0.15, -0.1) is 0 Å². The van der Waals surface area contributed by atoms with Crippen molar-refractivity contribution in [3.05, 3.63) is 0 Å². The third kappa shape index (κ3) is 3.26. The first-order valence-electron chi connectivity index (χ1n) is 6.97. The van der Waals surface area contributed by atoms with E-state index in [-0.39, 0.29) is 0 Å². The van der Waals surface area contributed by atoms with Crippen LogP contribution in [0, 0.1) is 17.8 Å². The van der Waals surface area contributed by atoms with Crippen molar-refractivity contribution in [1.29, 1.82) is 0 Å². The molecule has 0 heterocycles. The van der Waals surface area contributed by atoms with Crippen molar-refractivity contribution < 1.29 is 0 Å². The summed E-state index contributed by atoms with van der Waals surface area (Å²) in [5.41, 5.74) is 0. The lowest BCUT2D eigenvalue weighted by Gasteiger charge is -2.40. The topological polar surface area (TPSA) is 0 Å². The van der Waals surface area contributed by atoms with Crippen molar-refractivity contribution in [2.24, 2.45) is 17.8 Å². The van der Waals surface area contributed by atoms with Crippen LogP contribution in [0.4, 0.5) is 0 Å². The summed E-state index contributed by atoms with van der Waals surface area (Å²) in [6.07, 6.45) is 8.69. The summed E-state index contributed by atoms with van der Waals surface area (Å²) in [6.45, 7) is 9.74. The van der Waals surface area contributed by atoms with Crippen LogP contribution in [0.5, 0.6) is 0 Å². The van der Waals surface area contributed by atoms with Crippen LogP contribution < -0.4 is 0 Å². The average Bonchev–Trinajstić information content (AvgIpc) is 2.21. The molecular formula is C14H29B. The summed E-state index contributed by atoms with van der Waals surface area (Å²) in [7, 11) is 2.53.